The predicted molar refractivity (Wildman–Crippen MR) is 60.2 cm³/mol. The van der Waals surface area contributed by atoms with Crippen molar-refractivity contribution in [1.29, 1.82) is 0 Å². The molecule has 1 saturated heterocycles. The fraction of sp³-hybridized carbons (Fsp3) is 0.636. The molecule has 0 aliphatic carbocycles. The molecule has 2 amide bonds. The number of aromatic nitrogens is 1. The van der Waals surface area contributed by atoms with Gasteiger partial charge in [0.05, 0.1) is 0 Å². The van der Waals surface area contributed by atoms with Crippen molar-refractivity contribution in [2.24, 2.45) is 0 Å². The van der Waals surface area contributed by atoms with Crippen molar-refractivity contribution in [3.8, 4) is 0 Å². The quantitative estimate of drug-likeness (QED) is 0.766. The summed E-state index contributed by atoms with van der Waals surface area (Å²) < 4.78 is 5.25. The first-order valence-electron chi connectivity index (χ1n) is 5.49. The number of hydrogen-bond acceptors (Lipinski definition) is 4. The molecule has 2 N–H and O–H groups in total. The fourth-order valence-electron chi connectivity index (χ4n) is 1.79. The molecule has 1 aliphatic heterocycles. The minimum atomic E-state index is -0.953. The summed E-state index contributed by atoms with van der Waals surface area (Å²) in [4.78, 5) is 12.8. The number of aliphatic hydroxyl groups excluding tert-OH is 1. The van der Waals surface area contributed by atoms with E-state index >= 15 is 0 Å². The molecular formula is C11H17N3O3. The number of likely N-dealkylation sites (N-methyl/N-ethyl adjacent to an activating group) is 1. The van der Waals surface area contributed by atoms with Gasteiger partial charge in [0.2, 0.25) is 0 Å². The van der Waals surface area contributed by atoms with Gasteiger partial charge in [-0.3, -0.25) is 0 Å². The number of urea groups is 1. The van der Waals surface area contributed by atoms with E-state index in [9.17, 15) is 9.90 Å². The monoisotopic (exact) mass is 239 g/mol. The zero-order chi connectivity index (χ0) is 12.8. The molecule has 0 radical (unpaired) electrons. The van der Waals surface area contributed by atoms with E-state index in [1.165, 1.54) is 4.90 Å². The van der Waals surface area contributed by atoms with Crippen LogP contribution in [-0.4, -0.2) is 34.5 Å². The Hall–Kier alpha value is -1.56. The molecule has 0 saturated carbocycles. The molecule has 6 nitrogen and oxygen atoms in total. The third-order valence-electron chi connectivity index (χ3n) is 2.88. The molecule has 2 rings (SSSR count). The third-order valence-corrected chi connectivity index (χ3v) is 2.88. The van der Waals surface area contributed by atoms with Crippen molar-refractivity contribution in [2.45, 2.75) is 38.5 Å². The number of rotatable bonds is 1. The molecule has 1 aliphatic rings. The van der Waals surface area contributed by atoms with Crippen LogP contribution in [0.2, 0.25) is 0 Å². The van der Waals surface area contributed by atoms with E-state index in [0.29, 0.717) is 5.69 Å². The first kappa shape index (κ1) is 11.9. The van der Waals surface area contributed by atoms with E-state index in [1.807, 2.05) is 20.8 Å². The van der Waals surface area contributed by atoms with Gasteiger partial charge in [0.15, 0.2) is 6.23 Å². The van der Waals surface area contributed by atoms with Crippen LogP contribution < -0.4 is 5.32 Å². The van der Waals surface area contributed by atoms with Crippen molar-refractivity contribution in [3.63, 3.8) is 0 Å². The van der Waals surface area contributed by atoms with Crippen LogP contribution in [0.1, 0.15) is 38.3 Å². The molecule has 1 aromatic heterocycles. The van der Waals surface area contributed by atoms with Crippen LogP contribution in [0.15, 0.2) is 10.6 Å². The first-order chi connectivity index (χ1) is 7.80. The van der Waals surface area contributed by atoms with Gasteiger partial charge >= 0.3 is 6.03 Å². The van der Waals surface area contributed by atoms with Gasteiger partial charge < -0.3 is 19.8 Å². The van der Waals surface area contributed by atoms with Crippen LogP contribution in [0.4, 0.5) is 4.79 Å². The van der Waals surface area contributed by atoms with E-state index in [1.54, 1.807) is 13.1 Å². The Balaban J connectivity index is 2.29. The van der Waals surface area contributed by atoms with Crippen LogP contribution in [-0.2, 0) is 5.41 Å². The van der Waals surface area contributed by atoms with Gasteiger partial charge in [-0.25, -0.2) is 4.79 Å². The molecule has 1 aromatic rings. The van der Waals surface area contributed by atoms with Crippen LogP contribution in [0.25, 0.3) is 0 Å². The normalized spacial score (nSPS) is 25.2. The number of hydrogen-bond donors (Lipinski definition) is 2. The van der Waals surface area contributed by atoms with Gasteiger partial charge in [-0.2, -0.15) is 0 Å². The van der Waals surface area contributed by atoms with Crippen LogP contribution in [0, 0.1) is 0 Å². The van der Waals surface area contributed by atoms with E-state index in [4.69, 9.17) is 4.52 Å². The first-order valence-corrected chi connectivity index (χ1v) is 5.49. The van der Waals surface area contributed by atoms with Gasteiger partial charge in [0, 0.05) is 18.5 Å². The van der Waals surface area contributed by atoms with E-state index in [0.717, 1.165) is 5.76 Å². The van der Waals surface area contributed by atoms with Crippen molar-refractivity contribution >= 4 is 6.03 Å². The lowest BCUT2D eigenvalue weighted by molar-refractivity contribution is 0.110. The van der Waals surface area contributed by atoms with Crippen LogP contribution in [0.5, 0.6) is 0 Å². The molecule has 17 heavy (non-hydrogen) atoms. The molecule has 2 atom stereocenters. The number of nitrogens with zero attached hydrogens (tertiary/aromatic N) is 2. The zero-order valence-electron chi connectivity index (χ0n) is 10.4. The number of nitrogens with one attached hydrogen (secondary N) is 1. The number of aliphatic hydroxyl groups is 1. The Labute approximate surface area is 99.6 Å². The van der Waals surface area contributed by atoms with E-state index in [-0.39, 0.29) is 11.4 Å². The molecule has 94 valence electrons. The highest BCUT2D eigenvalue weighted by atomic mass is 16.5. The third kappa shape index (κ3) is 2.00. The average Bonchev–Trinajstić information content (AvgIpc) is 2.73. The van der Waals surface area contributed by atoms with Crippen molar-refractivity contribution in [2.75, 3.05) is 7.05 Å². The lowest BCUT2D eigenvalue weighted by Crippen LogP contribution is -2.26. The maximum absolute atomic E-state index is 11.4. The largest absolute Gasteiger partial charge is 0.371 e. The van der Waals surface area contributed by atoms with Gasteiger partial charge in [-0.15, -0.1) is 0 Å². The average molecular weight is 239 g/mol. The lowest BCUT2D eigenvalue weighted by atomic mass is 9.93. The van der Waals surface area contributed by atoms with Crippen molar-refractivity contribution in [1.82, 2.24) is 15.4 Å². The Morgan fingerprint density at radius 3 is 2.59 bits per heavy atom. The van der Waals surface area contributed by atoms with Crippen molar-refractivity contribution in [3.05, 3.63) is 17.5 Å². The summed E-state index contributed by atoms with van der Waals surface area (Å²) >= 11 is 0. The van der Waals surface area contributed by atoms with Crippen molar-refractivity contribution < 1.29 is 14.4 Å². The molecule has 2 unspecified atom stereocenters. The number of carbonyl (C=O) groups excluding carboxylic acids is 1. The summed E-state index contributed by atoms with van der Waals surface area (Å²) in [6.45, 7) is 6.03. The van der Waals surface area contributed by atoms with E-state index < -0.39 is 12.3 Å². The summed E-state index contributed by atoms with van der Waals surface area (Å²) in [6.07, 6.45) is -0.953. The fourth-order valence-corrected chi connectivity index (χ4v) is 1.79. The summed E-state index contributed by atoms with van der Waals surface area (Å²) in [5.74, 6) is 0.729. The number of carbonyl (C=O) groups is 1. The second kappa shape index (κ2) is 3.73. The minimum absolute atomic E-state index is 0.148. The van der Waals surface area contributed by atoms with E-state index in [2.05, 4.69) is 10.5 Å². The van der Waals surface area contributed by atoms with Crippen LogP contribution >= 0.6 is 0 Å². The highest BCUT2D eigenvalue weighted by Gasteiger charge is 2.39. The predicted octanol–water partition coefficient (Wildman–Crippen LogP) is 0.987. The molecule has 1 fully saturated rings. The van der Waals surface area contributed by atoms with Crippen LogP contribution in [0.3, 0.4) is 0 Å². The maximum atomic E-state index is 11.4. The lowest BCUT2D eigenvalue weighted by Gasteiger charge is -2.17. The van der Waals surface area contributed by atoms with Gasteiger partial charge in [-0.1, -0.05) is 25.9 Å². The van der Waals surface area contributed by atoms with Gasteiger partial charge in [-0.05, 0) is 0 Å². The molecule has 0 spiro atoms. The summed E-state index contributed by atoms with van der Waals surface area (Å²) in [5.41, 5.74) is 0.411. The summed E-state index contributed by atoms with van der Waals surface area (Å²) in [6, 6.07) is 0.968. The summed E-state index contributed by atoms with van der Waals surface area (Å²) in [5, 5.41) is 16.1. The molecule has 2 heterocycles. The maximum Gasteiger partial charge on any atom is 0.319 e. The Morgan fingerprint density at radius 1 is 1.53 bits per heavy atom. The zero-order valence-corrected chi connectivity index (χ0v) is 10.4. The SMILES string of the molecule is CN1C(=O)NC(O)C1c1cc(C(C)(C)C)on1. The van der Waals surface area contributed by atoms with Gasteiger partial charge in [0.1, 0.15) is 17.5 Å². The standard InChI is InChI=1S/C11H17N3O3/c1-11(2,3)7-5-6(13-17-7)8-9(15)12-10(16)14(8)4/h5,8-9,15H,1-4H3,(H,12,16). The Morgan fingerprint density at radius 2 is 2.18 bits per heavy atom. The second-order valence-electron chi connectivity index (χ2n) is 5.32. The Kier molecular flexibility index (Phi) is 2.61. The highest BCUT2D eigenvalue weighted by Crippen LogP contribution is 2.30. The molecular weight excluding hydrogens is 222 g/mol. The van der Waals surface area contributed by atoms with Gasteiger partial charge in [0.25, 0.3) is 0 Å². The second-order valence-corrected chi connectivity index (χ2v) is 5.32. The number of amides is 2. The topological polar surface area (TPSA) is 78.6 Å². The smallest absolute Gasteiger partial charge is 0.319 e. The minimum Gasteiger partial charge on any atom is -0.371 e. The Bertz CT molecular complexity index is 435. The highest BCUT2D eigenvalue weighted by molar-refractivity contribution is 5.77. The molecule has 0 aromatic carbocycles. The molecule has 0 bridgehead atoms. The summed E-state index contributed by atoms with van der Waals surface area (Å²) in [7, 11) is 1.61. The molecule has 6 heteroatoms.